The third-order valence-electron chi connectivity index (χ3n) is 11.6. The van der Waals surface area contributed by atoms with Crippen molar-refractivity contribution in [1.29, 1.82) is 0 Å². The summed E-state index contributed by atoms with van der Waals surface area (Å²) in [5, 5.41) is 8.56. The summed E-state index contributed by atoms with van der Waals surface area (Å²) in [6, 6.07) is 39.7. The van der Waals surface area contributed by atoms with Crippen LogP contribution in [0, 0.1) is 0 Å². The number of aromatic nitrogens is 2. The van der Waals surface area contributed by atoms with E-state index in [0.29, 0.717) is 63.9 Å². The molecule has 14 nitrogen and oxygen atoms in total. The first-order chi connectivity index (χ1) is 33.3. The number of carbonyl (C=O) groups excluding carboxylic acids is 6. The van der Waals surface area contributed by atoms with E-state index >= 15 is 0 Å². The molecule has 2 aromatic heterocycles. The highest BCUT2D eigenvalue weighted by atomic mass is 35.5. The Bertz CT molecular complexity index is 2790. The van der Waals surface area contributed by atoms with Crippen molar-refractivity contribution in [2.45, 2.75) is 37.5 Å². The molecule has 15 heteroatoms. The van der Waals surface area contributed by atoms with E-state index in [1.807, 2.05) is 72.8 Å². The predicted molar refractivity (Wildman–Crippen MR) is 270 cm³/mol. The van der Waals surface area contributed by atoms with Crippen LogP contribution in [0.4, 0.5) is 11.4 Å². The zero-order valence-corrected chi connectivity index (χ0v) is 38.7. The molecule has 352 valence electrons. The summed E-state index contributed by atoms with van der Waals surface area (Å²) < 4.78 is 0. The lowest BCUT2D eigenvalue weighted by molar-refractivity contribution is -0.127. The maximum atomic E-state index is 12.6. The Labute approximate surface area is 405 Å². The number of piperidine rings is 2. The Hall–Kier alpha value is -8.07. The van der Waals surface area contributed by atoms with E-state index in [0.717, 1.165) is 67.5 Å². The van der Waals surface area contributed by atoms with E-state index in [-0.39, 0.29) is 23.6 Å². The molecule has 4 heterocycles. The molecule has 2 saturated heterocycles. The van der Waals surface area contributed by atoms with Gasteiger partial charge in [0.2, 0.25) is 11.1 Å². The molecule has 69 heavy (non-hydrogen) atoms. The number of pyridine rings is 2. The molecule has 4 aromatic carbocycles. The number of hydrogen-bond donors (Lipinski definition) is 5. The van der Waals surface area contributed by atoms with Gasteiger partial charge in [0.25, 0.3) is 23.6 Å². The summed E-state index contributed by atoms with van der Waals surface area (Å²) >= 11 is 4.71. The zero-order valence-electron chi connectivity index (χ0n) is 37.9. The molecule has 5 amide bonds. The largest absolute Gasteiger partial charge is 0.366 e. The highest BCUT2D eigenvalue weighted by Gasteiger charge is 2.25. The van der Waals surface area contributed by atoms with E-state index < -0.39 is 17.1 Å². The number of halogens is 1. The second kappa shape index (κ2) is 24.6. The molecule has 2 aliphatic heterocycles. The monoisotopic (exact) mass is 944 g/mol. The number of nitrogens with two attached hydrogens (primary N) is 2. The number of carbonyl (C=O) groups is 6. The van der Waals surface area contributed by atoms with Crippen LogP contribution in [0.3, 0.4) is 0 Å². The molecular weight excluding hydrogens is 892 g/mol. The summed E-state index contributed by atoms with van der Waals surface area (Å²) in [6.45, 7) is 9.82. The van der Waals surface area contributed by atoms with Crippen LogP contribution in [0.1, 0.15) is 90.3 Å². The molecule has 0 atom stereocenters. The van der Waals surface area contributed by atoms with Crippen molar-refractivity contribution in [2.24, 2.45) is 11.5 Å². The van der Waals surface area contributed by atoms with E-state index in [4.69, 9.17) is 33.0 Å². The molecule has 0 saturated carbocycles. The molecule has 2 fully saturated rings. The third-order valence-corrected chi connectivity index (χ3v) is 11.7. The highest BCUT2D eigenvalue weighted by Crippen LogP contribution is 2.32. The van der Waals surface area contributed by atoms with Gasteiger partial charge in [-0.1, -0.05) is 73.8 Å². The topological polar surface area (TPSA) is 220 Å². The summed E-state index contributed by atoms with van der Waals surface area (Å²) in [6.07, 6.45) is 5.96. The van der Waals surface area contributed by atoms with Crippen LogP contribution in [0.25, 0.3) is 22.5 Å². The first-order valence-corrected chi connectivity index (χ1v) is 22.7. The van der Waals surface area contributed by atoms with Gasteiger partial charge in [-0.05, 0) is 135 Å². The number of benzene rings is 4. The van der Waals surface area contributed by atoms with Crippen molar-refractivity contribution in [1.82, 2.24) is 20.2 Å². The number of nitrogens with zero attached hydrogens (tertiary/aromatic N) is 3. The van der Waals surface area contributed by atoms with Gasteiger partial charge < -0.3 is 32.3 Å². The van der Waals surface area contributed by atoms with E-state index in [2.05, 4.69) is 29.1 Å². The van der Waals surface area contributed by atoms with Crippen molar-refractivity contribution in [3.05, 3.63) is 192 Å². The second-order valence-corrected chi connectivity index (χ2v) is 16.5. The lowest BCUT2D eigenvalue weighted by Crippen LogP contribution is -2.37. The van der Waals surface area contributed by atoms with Gasteiger partial charge >= 0.3 is 0 Å². The van der Waals surface area contributed by atoms with Gasteiger partial charge in [0.1, 0.15) is 0 Å². The van der Waals surface area contributed by atoms with Crippen LogP contribution in [0.2, 0.25) is 0 Å². The maximum absolute atomic E-state index is 12.6. The molecule has 0 aliphatic carbocycles. The molecule has 0 unspecified atom stereocenters. The quantitative estimate of drug-likeness (QED) is 0.0586. The summed E-state index contributed by atoms with van der Waals surface area (Å²) in [5.74, 6) is -1.03. The standard InChI is InChI=1S/C27H26N4O3.C24H24N4O2.C3H3ClO/c1-2-24(32)31-16-14-18(15-17-31)23-13-12-22(26(28)33)25(30-23)19-8-10-20(11-9-19)27(34)29-21-6-4-3-5-7-21;25-23(29)20-10-11-21(16-12-14-26-15-13-16)28-22(20)17-6-8-18(9-7-17)24(30)27-19-4-2-1-3-5-19;1-2-3(4)5/h2-13,18H,1,14-17H2,(H2,28,33)(H,29,34);1-11,16,26H,12-15H2,(H2,25,29)(H,27,30);2H,1H2. The number of amides is 5. The van der Waals surface area contributed by atoms with Crippen LogP contribution >= 0.6 is 11.6 Å². The number of allylic oxidation sites excluding steroid dienone is 1. The van der Waals surface area contributed by atoms with E-state index in [1.165, 1.54) is 6.08 Å². The molecule has 0 bridgehead atoms. The highest BCUT2D eigenvalue weighted by molar-refractivity contribution is 6.66. The van der Waals surface area contributed by atoms with Crippen LogP contribution in [-0.2, 0) is 9.59 Å². The first kappa shape index (κ1) is 50.3. The van der Waals surface area contributed by atoms with Crippen molar-refractivity contribution in [3.8, 4) is 22.5 Å². The van der Waals surface area contributed by atoms with Gasteiger partial charge in [-0.25, -0.2) is 0 Å². The van der Waals surface area contributed by atoms with Crippen LogP contribution < -0.4 is 27.4 Å². The third kappa shape index (κ3) is 14.0. The Kier molecular flexibility index (Phi) is 18.0. The van der Waals surface area contributed by atoms with Gasteiger partial charge in [-0.2, -0.15) is 0 Å². The summed E-state index contributed by atoms with van der Waals surface area (Å²) in [7, 11) is 0. The minimum atomic E-state index is -0.564. The average molecular weight is 946 g/mol. The summed E-state index contributed by atoms with van der Waals surface area (Å²) in [5.41, 5.74) is 18.7. The Morgan fingerprint density at radius 3 is 1.32 bits per heavy atom. The van der Waals surface area contributed by atoms with Crippen LogP contribution in [-0.4, -0.2) is 75.8 Å². The summed E-state index contributed by atoms with van der Waals surface area (Å²) in [4.78, 5) is 81.8. The van der Waals surface area contributed by atoms with Crippen molar-refractivity contribution < 1.29 is 28.8 Å². The second-order valence-electron chi connectivity index (χ2n) is 16.1. The van der Waals surface area contributed by atoms with Gasteiger partial charge in [-0.15, -0.1) is 0 Å². The molecule has 6 aromatic rings. The number of rotatable bonds is 12. The lowest BCUT2D eigenvalue weighted by Gasteiger charge is -2.31. The Morgan fingerprint density at radius 1 is 0.565 bits per heavy atom. The van der Waals surface area contributed by atoms with Crippen molar-refractivity contribution >= 4 is 57.8 Å². The van der Waals surface area contributed by atoms with E-state index in [9.17, 15) is 28.8 Å². The van der Waals surface area contributed by atoms with Crippen molar-refractivity contribution in [2.75, 3.05) is 36.8 Å². The fourth-order valence-electron chi connectivity index (χ4n) is 7.89. The molecule has 8 rings (SSSR count). The average Bonchev–Trinajstić information content (AvgIpc) is 3.39. The number of likely N-dealkylation sites (tertiary alicyclic amines) is 1. The Balaban J connectivity index is 0.000000208. The molecular formula is C54H53ClN8O6. The lowest BCUT2D eigenvalue weighted by atomic mass is 9.91. The van der Waals surface area contributed by atoms with Crippen molar-refractivity contribution in [3.63, 3.8) is 0 Å². The SMILES string of the molecule is C=CC(=O)Cl.C=CC(=O)N1CCC(c2ccc(C(N)=O)c(-c3ccc(C(=O)Nc4ccccc4)cc3)n2)CC1.NC(=O)c1ccc(C2CCNCC2)nc1-c1ccc(C(=O)Nc2ccccc2)cc1. The molecule has 0 spiro atoms. The molecule has 0 radical (unpaired) electrons. The minimum absolute atomic E-state index is 0.0624. The van der Waals surface area contributed by atoms with Gasteiger partial charge in [0.15, 0.2) is 0 Å². The number of primary amides is 2. The predicted octanol–water partition coefficient (Wildman–Crippen LogP) is 8.50. The van der Waals surface area contributed by atoms with Gasteiger partial charge in [0.05, 0.1) is 22.5 Å². The number of nitrogens with one attached hydrogen (secondary N) is 3. The molecule has 7 N–H and O–H groups in total. The van der Waals surface area contributed by atoms with Gasteiger partial charge in [-0.3, -0.25) is 38.7 Å². The van der Waals surface area contributed by atoms with Crippen LogP contribution in [0.15, 0.2) is 159 Å². The fraction of sp³-hybridized carbons (Fsp3) is 0.185. The first-order valence-electron chi connectivity index (χ1n) is 22.3. The van der Waals surface area contributed by atoms with E-state index in [1.54, 1.807) is 65.6 Å². The van der Waals surface area contributed by atoms with Crippen LogP contribution in [0.5, 0.6) is 0 Å². The number of anilines is 2. The minimum Gasteiger partial charge on any atom is -0.366 e. The number of para-hydroxylation sites is 2. The molecule has 2 aliphatic rings. The smallest absolute Gasteiger partial charge is 0.255 e. The zero-order chi connectivity index (χ0) is 49.3. The maximum Gasteiger partial charge on any atom is 0.255 e. The fourth-order valence-corrected chi connectivity index (χ4v) is 7.89. The Morgan fingerprint density at radius 2 is 0.957 bits per heavy atom. The van der Waals surface area contributed by atoms with Gasteiger partial charge in [0, 0.05) is 69.9 Å². The normalized spacial score (nSPS) is 13.5. The number of hydrogen-bond acceptors (Lipinski definition) is 9.